The number of rotatable bonds is 12. The molecule has 2 N–H and O–H groups in total. The summed E-state index contributed by atoms with van der Waals surface area (Å²) in [4.78, 5) is 4.64. The van der Waals surface area contributed by atoms with Gasteiger partial charge in [-0.1, -0.05) is 42.5 Å². The summed E-state index contributed by atoms with van der Waals surface area (Å²) in [7, 11) is 0. The van der Waals surface area contributed by atoms with E-state index in [1.807, 2.05) is 38.1 Å². The fourth-order valence-corrected chi connectivity index (χ4v) is 2.80. The first kappa shape index (κ1) is 22.8. The zero-order valence-corrected chi connectivity index (χ0v) is 17.4. The molecule has 0 amide bonds. The van der Waals surface area contributed by atoms with E-state index in [9.17, 15) is 4.39 Å². The van der Waals surface area contributed by atoms with E-state index >= 15 is 0 Å². The zero-order valence-electron chi connectivity index (χ0n) is 17.4. The summed E-state index contributed by atoms with van der Waals surface area (Å²) in [6.07, 6.45) is 0.603. The molecule has 0 radical (unpaired) electrons. The lowest BCUT2D eigenvalue weighted by atomic mass is 10.1. The van der Waals surface area contributed by atoms with E-state index in [1.165, 1.54) is 6.07 Å². The molecule has 0 atom stereocenters. The second-order valence-corrected chi connectivity index (χ2v) is 6.53. The number of nitrogens with one attached hydrogen (secondary N) is 2. The molecule has 0 aliphatic rings. The highest BCUT2D eigenvalue weighted by molar-refractivity contribution is 5.79. The van der Waals surface area contributed by atoms with Crippen LogP contribution in [-0.4, -0.2) is 38.9 Å². The number of ether oxygens (including phenoxy) is 2. The van der Waals surface area contributed by atoms with Crippen molar-refractivity contribution in [2.75, 3.05) is 32.9 Å². The fraction of sp³-hybridized carbons (Fsp3) is 0.435. The first-order chi connectivity index (χ1) is 14.2. The molecule has 2 aromatic rings. The minimum absolute atomic E-state index is 0.170. The number of guanidine groups is 1. The predicted molar refractivity (Wildman–Crippen MR) is 116 cm³/mol. The minimum atomic E-state index is -0.170. The van der Waals surface area contributed by atoms with Crippen molar-refractivity contribution in [3.05, 3.63) is 71.0 Å². The first-order valence-electron chi connectivity index (χ1n) is 10.2. The normalized spacial score (nSPS) is 11.5. The molecule has 0 aliphatic heterocycles. The van der Waals surface area contributed by atoms with Crippen LogP contribution in [0.4, 0.5) is 4.39 Å². The van der Waals surface area contributed by atoms with Crippen LogP contribution in [0.3, 0.4) is 0 Å². The van der Waals surface area contributed by atoms with E-state index in [1.54, 1.807) is 6.07 Å². The van der Waals surface area contributed by atoms with Crippen LogP contribution in [0.1, 0.15) is 30.5 Å². The maximum Gasteiger partial charge on any atom is 0.191 e. The molecule has 2 rings (SSSR count). The number of hydrogen-bond acceptors (Lipinski definition) is 3. The number of halogens is 1. The molecule has 6 heteroatoms. The van der Waals surface area contributed by atoms with E-state index in [0.29, 0.717) is 51.5 Å². The second-order valence-electron chi connectivity index (χ2n) is 6.53. The number of benzene rings is 2. The van der Waals surface area contributed by atoms with Crippen molar-refractivity contribution in [2.45, 2.75) is 33.4 Å². The molecule has 0 aromatic heterocycles. The summed E-state index contributed by atoms with van der Waals surface area (Å²) in [5.74, 6) is 0.554. The van der Waals surface area contributed by atoms with Gasteiger partial charge >= 0.3 is 0 Å². The predicted octanol–water partition coefficient (Wildman–Crippen LogP) is 3.68. The fourth-order valence-electron chi connectivity index (χ4n) is 2.80. The summed E-state index contributed by atoms with van der Waals surface area (Å²) >= 11 is 0. The highest BCUT2D eigenvalue weighted by atomic mass is 19.1. The van der Waals surface area contributed by atoms with Crippen molar-refractivity contribution in [1.29, 1.82) is 0 Å². The standard InChI is InChI=1S/C23H32FN3O2/c1-3-25-23(26-13-12-21-10-5-6-11-22(21)24)27-17-19-8-7-9-20(16-19)18-29-15-14-28-4-2/h5-11,16H,3-4,12-15,17-18H2,1-2H3,(H2,25,26,27). The van der Waals surface area contributed by atoms with Gasteiger partial charge < -0.3 is 20.1 Å². The van der Waals surface area contributed by atoms with Gasteiger partial charge in [-0.25, -0.2) is 9.38 Å². The Morgan fingerprint density at radius 3 is 2.55 bits per heavy atom. The Bertz CT molecular complexity index is 752. The largest absolute Gasteiger partial charge is 0.379 e. The van der Waals surface area contributed by atoms with Crippen LogP contribution >= 0.6 is 0 Å². The van der Waals surface area contributed by atoms with Gasteiger partial charge in [0.25, 0.3) is 0 Å². The SMILES string of the molecule is CCNC(=NCc1cccc(COCCOCC)c1)NCCc1ccccc1F. The van der Waals surface area contributed by atoms with Crippen molar-refractivity contribution >= 4 is 5.96 Å². The molecule has 5 nitrogen and oxygen atoms in total. The van der Waals surface area contributed by atoms with Gasteiger partial charge in [0, 0.05) is 19.7 Å². The Morgan fingerprint density at radius 2 is 1.76 bits per heavy atom. The van der Waals surface area contributed by atoms with Crippen molar-refractivity contribution in [3.63, 3.8) is 0 Å². The average molecular weight is 402 g/mol. The van der Waals surface area contributed by atoms with Crippen molar-refractivity contribution in [2.24, 2.45) is 4.99 Å². The summed E-state index contributed by atoms with van der Waals surface area (Å²) < 4.78 is 24.6. The van der Waals surface area contributed by atoms with Crippen LogP contribution in [0.5, 0.6) is 0 Å². The Kier molecular flexibility index (Phi) is 10.8. The van der Waals surface area contributed by atoms with E-state index in [0.717, 1.165) is 23.6 Å². The highest BCUT2D eigenvalue weighted by Crippen LogP contribution is 2.08. The molecule has 0 bridgehead atoms. The van der Waals surface area contributed by atoms with Gasteiger partial charge in [-0.3, -0.25) is 0 Å². The van der Waals surface area contributed by atoms with Crippen LogP contribution in [0, 0.1) is 5.82 Å². The van der Waals surface area contributed by atoms with Crippen molar-refractivity contribution < 1.29 is 13.9 Å². The molecule has 2 aromatic carbocycles. The van der Waals surface area contributed by atoms with Crippen LogP contribution in [0.2, 0.25) is 0 Å². The first-order valence-corrected chi connectivity index (χ1v) is 10.2. The van der Waals surface area contributed by atoms with E-state index < -0.39 is 0 Å². The molecule has 158 valence electrons. The van der Waals surface area contributed by atoms with Gasteiger partial charge in [0.1, 0.15) is 5.82 Å². The summed E-state index contributed by atoms with van der Waals surface area (Å²) in [5.41, 5.74) is 2.93. The maximum atomic E-state index is 13.7. The quantitative estimate of drug-likeness (QED) is 0.324. The van der Waals surface area contributed by atoms with Crippen LogP contribution in [-0.2, 0) is 29.0 Å². The lowest BCUT2D eigenvalue weighted by Gasteiger charge is -2.12. The molecule has 0 saturated carbocycles. The van der Waals surface area contributed by atoms with Crippen LogP contribution < -0.4 is 10.6 Å². The molecule has 0 fully saturated rings. The molecule has 0 spiro atoms. The lowest BCUT2D eigenvalue weighted by Crippen LogP contribution is -2.38. The molecule has 0 heterocycles. The maximum absolute atomic E-state index is 13.7. The van der Waals surface area contributed by atoms with Crippen LogP contribution in [0.15, 0.2) is 53.5 Å². The topological polar surface area (TPSA) is 54.9 Å². The highest BCUT2D eigenvalue weighted by Gasteiger charge is 2.03. The number of hydrogen-bond donors (Lipinski definition) is 2. The lowest BCUT2D eigenvalue weighted by molar-refractivity contribution is 0.0453. The number of aliphatic imine (C=N–C) groups is 1. The third kappa shape index (κ3) is 9.07. The Balaban J connectivity index is 1.84. The molecule has 29 heavy (non-hydrogen) atoms. The van der Waals surface area contributed by atoms with Crippen molar-refractivity contribution in [1.82, 2.24) is 10.6 Å². The monoisotopic (exact) mass is 401 g/mol. The average Bonchev–Trinajstić information content (AvgIpc) is 2.73. The second kappa shape index (κ2) is 13.7. The Morgan fingerprint density at radius 1 is 0.966 bits per heavy atom. The Labute approximate surface area is 173 Å². The van der Waals surface area contributed by atoms with Gasteiger partial charge in [-0.15, -0.1) is 0 Å². The summed E-state index contributed by atoms with van der Waals surface area (Å²) in [5, 5.41) is 6.50. The smallest absolute Gasteiger partial charge is 0.191 e. The Hall–Kier alpha value is -2.44. The number of nitrogens with zero attached hydrogens (tertiary/aromatic N) is 1. The molecular weight excluding hydrogens is 369 g/mol. The summed E-state index contributed by atoms with van der Waals surface area (Å²) in [6, 6.07) is 15.1. The van der Waals surface area contributed by atoms with Crippen LogP contribution in [0.25, 0.3) is 0 Å². The van der Waals surface area contributed by atoms with E-state index in [4.69, 9.17) is 9.47 Å². The van der Waals surface area contributed by atoms with Gasteiger partial charge in [0.15, 0.2) is 5.96 Å². The van der Waals surface area contributed by atoms with E-state index in [-0.39, 0.29) is 5.82 Å². The zero-order chi connectivity index (χ0) is 20.7. The molecule has 0 saturated heterocycles. The van der Waals surface area contributed by atoms with Crippen molar-refractivity contribution in [3.8, 4) is 0 Å². The van der Waals surface area contributed by atoms with Gasteiger partial charge in [-0.05, 0) is 43.0 Å². The third-order valence-corrected chi connectivity index (χ3v) is 4.24. The van der Waals surface area contributed by atoms with Gasteiger partial charge in [0.2, 0.25) is 0 Å². The van der Waals surface area contributed by atoms with Gasteiger partial charge in [0.05, 0.1) is 26.4 Å². The summed E-state index contributed by atoms with van der Waals surface area (Å²) in [6.45, 7) is 8.40. The molecular formula is C23H32FN3O2. The third-order valence-electron chi connectivity index (χ3n) is 4.24. The van der Waals surface area contributed by atoms with E-state index in [2.05, 4.69) is 27.8 Å². The minimum Gasteiger partial charge on any atom is -0.379 e. The molecule has 0 unspecified atom stereocenters. The van der Waals surface area contributed by atoms with Gasteiger partial charge in [-0.2, -0.15) is 0 Å². The molecule has 0 aliphatic carbocycles.